The van der Waals surface area contributed by atoms with Crippen molar-refractivity contribution >= 4 is 12.1 Å². The maximum atomic E-state index is 11.6. The number of ether oxygens (including phenoxy) is 2. The van der Waals surface area contributed by atoms with Crippen molar-refractivity contribution in [3.05, 3.63) is 64.7 Å². The summed E-state index contributed by atoms with van der Waals surface area (Å²) in [6, 6.07) is 14.0. The minimum atomic E-state index is -0.201. The molecular formula is C20H20N2O3. The molecule has 1 amide bonds. The first-order chi connectivity index (χ1) is 12.3. The maximum Gasteiger partial charge on any atom is 0.277 e. The molecule has 128 valence electrons. The van der Waals surface area contributed by atoms with Crippen LogP contribution in [0.4, 0.5) is 0 Å². The summed E-state index contributed by atoms with van der Waals surface area (Å²) in [5, 5.41) is 0. The molecule has 0 atom stereocenters. The molecule has 25 heavy (non-hydrogen) atoms. The quantitative estimate of drug-likeness (QED) is 0.842. The van der Waals surface area contributed by atoms with Gasteiger partial charge in [0.25, 0.3) is 5.91 Å². The molecule has 1 fully saturated rings. The van der Waals surface area contributed by atoms with Crippen LogP contribution in [-0.4, -0.2) is 43.3 Å². The Morgan fingerprint density at radius 2 is 1.80 bits per heavy atom. The number of rotatable bonds is 5. The van der Waals surface area contributed by atoms with Gasteiger partial charge in [-0.1, -0.05) is 30.3 Å². The smallest absolute Gasteiger partial charge is 0.277 e. The van der Waals surface area contributed by atoms with Crippen LogP contribution in [-0.2, 0) is 17.9 Å². The molecule has 0 N–H and O–H groups in total. The van der Waals surface area contributed by atoms with Crippen LogP contribution in [0.15, 0.2) is 47.5 Å². The molecule has 2 aromatic rings. The molecular weight excluding hydrogens is 316 g/mol. The van der Waals surface area contributed by atoms with Gasteiger partial charge in [-0.2, -0.15) is 0 Å². The van der Waals surface area contributed by atoms with E-state index < -0.39 is 0 Å². The van der Waals surface area contributed by atoms with E-state index >= 15 is 0 Å². The molecule has 0 aliphatic carbocycles. The van der Waals surface area contributed by atoms with E-state index in [1.54, 1.807) is 12.3 Å². The highest BCUT2D eigenvalue weighted by Crippen LogP contribution is 2.25. The van der Waals surface area contributed by atoms with Crippen molar-refractivity contribution < 1.29 is 14.3 Å². The van der Waals surface area contributed by atoms with Crippen molar-refractivity contribution in [3.8, 4) is 5.75 Å². The lowest BCUT2D eigenvalue weighted by atomic mass is 10.1. The van der Waals surface area contributed by atoms with Crippen LogP contribution in [0, 0.1) is 0 Å². The molecule has 4 rings (SSSR count). The van der Waals surface area contributed by atoms with Gasteiger partial charge in [-0.05, 0) is 23.3 Å². The zero-order valence-corrected chi connectivity index (χ0v) is 14.0. The molecule has 0 saturated carbocycles. The number of fused-ring (bicyclic) bond motifs is 1. The van der Waals surface area contributed by atoms with Crippen LogP contribution >= 0.6 is 0 Å². The largest absolute Gasteiger partial charge is 0.488 e. The fourth-order valence-electron chi connectivity index (χ4n) is 3.10. The molecule has 2 heterocycles. The molecule has 0 unspecified atom stereocenters. The van der Waals surface area contributed by atoms with Crippen molar-refractivity contribution in [2.75, 3.05) is 26.3 Å². The van der Waals surface area contributed by atoms with E-state index in [4.69, 9.17) is 9.47 Å². The number of nitrogens with zero attached hydrogens (tertiary/aromatic N) is 2. The molecule has 5 nitrogen and oxygen atoms in total. The lowest BCUT2D eigenvalue weighted by Gasteiger charge is -2.26. The van der Waals surface area contributed by atoms with Crippen molar-refractivity contribution in [2.45, 2.75) is 13.2 Å². The highest BCUT2D eigenvalue weighted by Gasteiger charge is 2.18. The molecule has 1 saturated heterocycles. The van der Waals surface area contributed by atoms with Gasteiger partial charge in [-0.25, -0.2) is 4.99 Å². The number of carbonyl (C=O) groups is 1. The number of hydrogen-bond donors (Lipinski definition) is 0. The Bertz CT molecular complexity index is 793. The Labute approximate surface area is 146 Å². The second kappa shape index (κ2) is 7.17. The topological polar surface area (TPSA) is 51.1 Å². The Morgan fingerprint density at radius 1 is 1.04 bits per heavy atom. The van der Waals surface area contributed by atoms with E-state index in [0.29, 0.717) is 17.9 Å². The number of benzene rings is 2. The fourth-order valence-corrected chi connectivity index (χ4v) is 3.10. The SMILES string of the molecule is O=C1N=Cc2c(OCc3ccc(CN4CCOCC4)cc3)cccc21. The molecule has 0 bridgehead atoms. The lowest BCUT2D eigenvalue weighted by molar-refractivity contribution is 0.0342. The zero-order valence-electron chi connectivity index (χ0n) is 14.0. The maximum absolute atomic E-state index is 11.6. The minimum absolute atomic E-state index is 0.201. The number of amides is 1. The first-order valence-electron chi connectivity index (χ1n) is 8.52. The van der Waals surface area contributed by atoms with Gasteiger partial charge in [0.15, 0.2) is 0 Å². The summed E-state index contributed by atoms with van der Waals surface area (Å²) in [7, 11) is 0. The molecule has 0 spiro atoms. The average molecular weight is 336 g/mol. The lowest BCUT2D eigenvalue weighted by Crippen LogP contribution is -2.35. The Hall–Kier alpha value is -2.50. The molecule has 2 aliphatic heterocycles. The summed E-state index contributed by atoms with van der Waals surface area (Å²) in [5.74, 6) is 0.498. The summed E-state index contributed by atoms with van der Waals surface area (Å²) in [6.45, 7) is 5.04. The van der Waals surface area contributed by atoms with Crippen LogP contribution < -0.4 is 4.74 Å². The third-order valence-electron chi connectivity index (χ3n) is 4.53. The van der Waals surface area contributed by atoms with Gasteiger partial charge >= 0.3 is 0 Å². The Kier molecular flexibility index (Phi) is 4.59. The van der Waals surface area contributed by atoms with Gasteiger partial charge in [0.2, 0.25) is 0 Å². The molecule has 0 aromatic heterocycles. The van der Waals surface area contributed by atoms with E-state index in [-0.39, 0.29) is 5.91 Å². The molecule has 5 heteroatoms. The van der Waals surface area contributed by atoms with Gasteiger partial charge in [0, 0.05) is 31.4 Å². The predicted molar refractivity (Wildman–Crippen MR) is 95.2 cm³/mol. The van der Waals surface area contributed by atoms with E-state index in [9.17, 15) is 4.79 Å². The number of carbonyl (C=O) groups excluding carboxylic acids is 1. The first-order valence-corrected chi connectivity index (χ1v) is 8.52. The van der Waals surface area contributed by atoms with Crippen molar-refractivity contribution in [3.63, 3.8) is 0 Å². The van der Waals surface area contributed by atoms with Crippen molar-refractivity contribution in [2.24, 2.45) is 4.99 Å². The van der Waals surface area contributed by atoms with E-state index in [2.05, 4.69) is 34.2 Å². The zero-order chi connectivity index (χ0) is 17.1. The molecule has 2 aliphatic rings. The fraction of sp³-hybridized carbons (Fsp3) is 0.300. The summed E-state index contributed by atoms with van der Waals surface area (Å²) >= 11 is 0. The third kappa shape index (κ3) is 3.62. The minimum Gasteiger partial charge on any atom is -0.488 e. The summed E-state index contributed by atoms with van der Waals surface area (Å²) in [6.07, 6.45) is 1.58. The molecule has 2 aromatic carbocycles. The Morgan fingerprint density at radius 3 is 2.60 bits per heavy atom. The van der Waals surface area contributed by atoms with Crippen LogP contribution in [0.3, 0.4) is 0 Å². The average Bonchev–Trinajstić information content (AvgIpc) is 3.04. The van der Waals surface area contributed by atoms with E-state index in [1.165, 1.54) is 5.56 Å². The summed E-state index contributed by atoms with van der Waals surface area (Å²) < 4.78 is 11.3. The standard InChI is InChI=1S/C20H20N2O3/c23-20-17-2-1-3-19(18(17)12-21-20)25-14-16-6-4-15(5-7-16)13-22-8-10-24-11-9-22/h1-7,12H,8-11,13-14H2. The number of morpholine rings is 1. The molecule has 0 radical (unpaired) electrons. The first kappa shape index (κ1) is 16.0. The second-order valence-electron chi connectivity index (χ2n) is 6.27. The summed E-state index contributed by atoms with van der Waals surface area (Å²) in [5.41, 5.74) is 3.78. The van der Waals surface area contributed by atoms with Gasteiger partial charge in [-0.3, -0.25) is 9.69 Å². The highest BCUT2D eigenvalue weighted by molar-refractivity contribution is 6.14. The van der Waals surface area contributed by atoms with Gasteiger partial charge < -0.3 is 9.47 Å². The predicted octanol–water partition coefficient (Wildman–Crippen LogP) is 2.67. The highest BCUT2D eigenvalue weighted by atomic mass is 16.5. The number of aliphatic imine (C=N–C) groups is 1. The van der Waals surface area contributed by atoms with Crippen molar-refractivity contribution in [1.29, 1.82) is 0 Å². The van der Waals surface area contributed by atoms with Crippen molar-refractivity contribution in [1.82, 2.24) is 4.90 Å². The van der Waals surface area contributed by atoms with Crippen LogP contribution in [0.2, 0.25) is 0 Å². The third-order valence-corrected chi connectivity index (χ3v) is 4.53. The monoisotopic (exact) mass is 336 g/mol. The normalized spacial score (nSPS) is 16.9. The Balaban J connectivity index is 1.37. The van der Waals surface area contributed by atoms with E-state index in [0.717, 1.165) is 44.0 Å². The van der Waals surface area contributed by atoms with Crippen LogP contribution in [0.25, 0.3) is 0 Å². The van der Waals surface area contributed by atoms with Gasteiger partial charge in [-0.15, -0.1) is 0 Å². The second-order valence-corrected chi connectivity index (χ2v) is 6.27. The van der Waals surface area contributed by atoms with Crippen LogP contribution in [0.5, 0.6) is 5.75 Å². The van der Waals surface area contributed by atoms with Crippen LogP contribution in [0.1, 0.15) is 27.0 Å². The van der Waals surface area contributed by atoms with Gasteiger partial charge in [0.05, 0.1) is 18.8 Å². The van der Waals surface area contributed by atoms with Gasteiger partial charge in [0.1, 0.15) is 12.4 Å². The van der Waals surface area contributed by atoms with E-state index in [1.807, 2.05) is 12.1 Å². The number of hydrogen-bond acceptors (Lipinski definition) is 4. The summed E-state index contributed by atoms with van der Waals surface area (Å²) in [4.78, 5) is 17.9.